The summed E-state index contributed by atoms with van der Waals surface area (Å²) in [7, 11) is 4.57. The third-order valence-corrected chi connectivity index (χ3v) is 1.50. The van der Waals surface area contributed by atoms with Crippen molar-refractivity contribution < 1.29 is 14.2 Å². The molecule has 0 aromatic heterocycles. The fourth-order valence-electron chi connectivity index (χ4n) is 0.899. The summed E-state index contributed by atoms with van der Waals surface area (Å²) in [4.78, 5) is 10.4. The Hall–Kier alpha value is -1.71. The average Bonchev–Trinajstić information content (AvgIpc) is 2.25. The van der Waals surface area contributed by atoms with Crippen molar-refractivity contribution in [3.63, 3.8) is 0 Å². The summed E-state index contributed by atoms with van der Waals surface area (Å²) < 4.78 is 8.35. The minimum absolute atomic E-state index is 0.144. The number of rotatable bonds is 3. The zero-order valence-corrected chi connectivity index (χ0v) is 7.55. The molecule has 0 aliphatic rings. The van der Waals surface area contributed by atoms with Crippen molar-refractivity contribution in [1.82, 2.24) is 0 Å². The first-order valence-electron chi connectivity index (χ1n) is 4.08. The van der Waals surface area contributed by atoms with Gasteiger partial charge in [-0.15, -0.1) is 0 Å². The average molecular weight is 188 g/mol. The van der Waals surface area contributed by atoms with Crippen LogP contribution in [0.4, 0.5) is 4.79 Å². The topological polar surface area (TPSA) is 35.5 Å². The minimum Gasteiger partial charge on any atom is -0.513 e. The molecule has 0 aliphatic heterocycles. The molecule has 0 fully saturated rings. The number of hydrogen-bond donors (Lipinski definition) is 0. The van der Waals surface area contributed by atoms with Crippen LogP contribution in [-0.4, -0.2) is 20.8 Å². The maximum Gasteiger partial charge on any atom is 0.489 e. The van der Waals surface area contributed by atoms with Crippen LogP contribution < -0.4 is 0 Å². The molecule has 0 unspecified atom stereocenters. The van der Waals surface area contributed by atoms with E-state index in [1.807, 2.05) is 36.4 Å². The van der Waals surface area contributed by atoms with Crippen LogP contribution in [0.25, 0.3) is 6.08 Å². The predicted octanol–water partition coefficient (Wildman–Crippen LogP) is 1.94. The Balaban J connectivity index is 2.31. The molecule has 0 bridgehead atoms. The summed E-state index contributed by atoms with van der Waals surface area (Å²) in [6.45, 7) is 0.144. The monoisotopic (exact) mass is 188 g/mol. The van der Waals surface area contributed by atoms with Gasteiger partial charge >= 0.3 is 14.2 Å². The van der Waals surface area contributed by atoms with Crippen molar-refractivity contribution in [3.8, 4) is 0 Å². The van der Waals surface area contributed by atoms with Gasteiger partial charge in [0, 0.05) is 0 Å². The molecule has 0 atom stereocenters. The Morgan fingerprint density at radius 1 is 1.36 bits per heavy atom. The second-order valence-electron chi connectivity index (χ2n) is 2.49. The SMILES string of the molecule is [B]OC(=O)OC/C=C/c1ccccc1. The molecule has 3 nitrogen and oxygen atoms in total. The van der Waals surface area contributed by atoms with Gasteiger partial charge in [0.15, 0.2) is 0 Å². The molecule has 0 heterocycles. The molecule has 14 heavy (non-hydrogen) atoms. The van der Waals surface area contributed by atoms with E-state index in [9.17, 15) is 4.79 Å². The Kier molecular flexibility index (Phi) is 4.34. The molecule has 0 spiro atoms. The summed E-state index contributed by atoms with van der Waals surface area (Å²) in [5, 5.41) is 0. The predicted molar refractivity (Wildman–Crippen MR) is 53.7 cm³/mol. The third kappa shape index (κ3) is 3.80. The lowest BCUT2D eigenvalue weighted by Crippen LogP contribution is -2.04. The molecule has 0 aliphatic carbocycles. The Bertz CT molecular complexity index is 308. The first-order chi connectivity index (χ1) is 6.83. The zero-order valence-electron chi connectivity index (χ0n) is 7.55. The maximum absolute atomic E-state index is 10.4. The van der Waals surface area contributed by atoms with E-state index in [1.54, 1.807) is 6.08 Å². The van der Waals surface area contributed by atoms with E-state index in [4.69, 9.17) is 0 Å². The summed E-state index contributed by atoms with van der Waals surface area (Å²) in [6.07, 6.45) is 2.65. The second-order valence-corrected chi connectivity index (χ2v) is 2.49. The number of carbonyl (C=O) groups excluding carboxylic acids is 1. The van der Waals surface area contributed by atoms with E-state index in [2.05, 4.69) is 17.4 Å². The van der Waals surface area contributed by atoms with Crippen molar-refractivity contribution in [2.24, 2.45) is 0 Å². The van der Waals surface area contributed by atoms with Gasteiger partial charge in [0.2, 0.25) is 0 Å². The molecule has 0 saturated heterocycles. The lowest BCUT2D eigenvalue weighted by Gasteiger charge is -1.98. The van der Waals surface area contributed by atoms with Crippen LogP contribution in [-0.2, 0) is 9.39 Å². The largest absolute Gasteiger partial charge is 0.513 e. The van der Waals surface area contributed by atoms with Gasteiger partial charge in [-0.25, -0.2) is 4.79 Å². The van der Waals surface area contributed by atoms with Gasteiger partial charge < -0.3 is 9.39 Å². The first kappa shape index (κ1) is 10.4. The van der Waals surface area contributed by atoms with Crippen molar-refractivity contribution in [2.45, 2.75) is 0 Å². The lowest BCUT2D eigenvalue weighted by atomic mass is 10.2. The molecule has 2 radical (unpaired) electrons. The zero-order chi connectivity index (χ0) is 10.2. The van der Waals surface area contributed by atoms with E-state index in [0.29, 0.717) is 0 Å². The van der Waals surface area contributed by atoms with E-state index in [1.165, 1.54) is 0 Å². The highest BCUT2D eigenvalue weighted by atomic mass is 16.7. The molecular formula is C10H9BO3. The van der Waals surface area contributed by atoms with Crippen LogP contribution in [0.2, 0.25) is 0 Å². The molecule has 1 aromatic carbocycles. The number of ether oxygens (including phenoxy) is 1. The van der Waals surface area contributed by atoms with Crippen molar-refractivity contribution in [2.75, 3.05) is 6.61 Å². The summed E-state index contributed by atoms with van der Waals surface area (Å²) in [5.41, 5.74) is 1.04. The molecule has 1 aromatic rings. The van der Waals surface area contributed by atoms with Crippen LogP contribution in [0.1, 0.15) is 5.56 Å². The molecule has 0 saturated carbocycles. The fourth-order valence-corrected chi connectivity index (χ4v) is 0.899. The highest BCUT2D eigenvalue weighted by Crippen LogP contribution is 2.00. The molecule has 0 N–H and O–H groups in total. The maximum atomic E-state index is 10.4. The fraction of sp³-hybridized carbons (Fsp3) is 0.100. The van der Waals surface area contributed by atoms with Gasteiger partial charge in [-0.2, -0.15) is 0 Å². The number of benzene rings is 1. The van der Waals surface area contributed by atoms with Crippen LogP contribution in [0, 0.1) is 0 Å². The normalized spacial score (nSPS) is 10.0. The summed E-state index contributed by atoms with van der Waals surface area (Å²) in [5.74, 6) is 0. The highest BCUT2D eigenvalue weighted by Gasteiger charge is 1.94. The van der Waals surface area contributed by atoms with E-state index in [-0.39, 0.29) is 6.61 Å². The Morgan fingerprint density at radius 3 is 2.71 bits per heavy atom. The van der Waals surface area contributed by atoms with Crippen LogP contribution in [0.5, 0.6) is 0 Å². The molecular weight excluding hydrogens is 179 g/mol. The minimum atomic E-state index is -0.886. The second kappa shape index (κ2) is 5.86. The van der Waals surface area contributed by atoms with E-state index in [0.717, 1.165) is 5.56 Å². The van der Waals surface area contributed by atoms with Gasteiger partial charge in [-0.05, 0) is 11.6 Å². The molecule has 70 valence electrons. The van der Waals surface area contributed by atoms with Gasteiger partial charge in [0.25, 0.3) is 0 Å². The van der Waals surface area contributed by atoms with Crippen molar-refractivity contribution >= 4 is 20.3 Å². The van der Waals surface area contributed by atoms with Crippen LogP contribution >= 0.6 is 0 Å². The third-order valence-electron chi connectivity index (χ3n) is 1.50. The van der Waals surface area contributed by atoms with Gasteiger partial charge in [-0.3, -0.25) is 0 Å². The number of carbonyl (C=O) groups is 1. The first-order valence-corrected chi connectivity index (χ1v) is 4.08. The Morgan fingerprint density at radius 2 is 2.07 bits per heavy atom. The summed E-state index contributed by atoms with van der Waals surface area (Å²) in [6, 6.07) is 9.67. The van der Waals surface area contributed by atoms with Crippen LogP contribution in [0.15, 0.2) is 36.4 Å². The lowest BCUT2D eigenvalue weighted by molar-refractivity contribution is 0.113. The molecule has 0 amide bonds. The Labute approximate surface area is 83.8 Å². The highest BCUT2D eigenvalue weighted by molar-refractivity contribution is 6.04. The molecule has 1 rings (SSSR count). The van der Waals surface area contributed by atoms with Gasteiger partial charge in [-0.1, -0.05) is 36.4 Å². The quantitative estimate of drug-likeness (QED) is 0.537. The van der Waals surface area contributed by atoms with Crippen molar-refractivity contribution in [3.05, 3.63) is 42.0 Å². The van der Waals surface area contributed by atoms with Gasteiger partial charge in [0.1, 0.15) is 6.61 Å². The van der Waals surface area contributed by atoms with Gasteiger partial charge in [0.05, 0.1) is 0 Å². The number of hydrogen-bond acceptors (Lipinski definition) is 3. The van der Waals surface area contributed by atoms with Crippen LogP contribution in [0.3, 0.4) is 0 Å². The molecule has 4 heteroatoms. The summed E-state index contributed by atoms with van der Waals surface area (Å²) >= 11 is 0. The van der Waals surface area contributed by atoms with E-state index < -0.39 is 6.16 Å². The van der Waals surface area contributed by atoms with E-state index >= 15 is 0 Å². The van der Waals surface area contributed by atoms with Crippen molar-refractivity contribution in [1.29, 1.82) is 0 Å². The smallest absolute Gasteiger partial charge is 0.489 e. The standard InChI is InChI=1S/C10H9BO3/c11-14-10(12)13-8-4-7-9-5-2-1-3-6-9/h1-7H,8H2/b7-4+.